The molecule has 51 heavy (non-hydrogen) atoms. The average molecular weight is 856 g/mol. The topological polar surface area (TPSA) is 137 Å². The lowest BCUT2D eigenvalue weighted by Crippen LogP contribution is -2.42. The van der Waals surface area contributed by atoms with Gasteiger partial charge in [-0.1, -0.05) is 67.6 Å². The Balaban J connectivity index is 1.10. The van der Waals surface area contributed by atoms with Gasteiger partial charge in [0.15, 0.2) is 0 Å². The van der Waals surface area contributed by atoms with Crippen molar-refractivity contribution in [3.63, 3.8) is 0 Å². The number of aromatic nitrogens is 1. The number of sulfonamides is 2. The van der Waals surface area contributed by atoms with E-state index in [1.165, 1.54) is 9.21 Å². The lowest BCUT2D eigenvalue weighted by molar-refractivity contribution is -0.139. The number of piperidine rings is 2. The maximum atomic E-state index is 14.2. The fraction of sp³-hybridized carbons (Fsp3) is 0.515. The molecule has 4 heterocycles. The fourth-order valence-electron chi connectivity index (χ4n) is 6.65. The Bertz CT molecular complexity index is 1860. The van der Waals surface area contributed by atoms with Crippen LogP contribution in [0.15, 0.2) is 62.2 Å². The number of hydrogen-bond acceptors (Lipinski definition) is 8. The minimum absolute atomic E-state index is 0.195. The van der Waals surface area contributed by atoms with Crippen LogP contribution in [0.2, 0.25) is 4.34 Å². The number of anilines is 1. The Morgan fingerprint density at radius 2 is 1.59 bits per heavy atom. The molecule has 280 valence electrons. The fourth-order valence-corrected chi connectivity index (χ4v) is 11.7. The third-order valence-corrected chi connectivity index (χ3v) is 15.8. The molecule has 0 amide bonds. The highest BCUT2D eigenvalue weighted by molar-refractivity contribution is 9.10. The van der Waals surface area contributed by atoms with Crippen LogP contribution in [-0.4, -0.2) is 69.4 Å². The Morgan fingerprint density at radius 1 is 1.00 bits per heavy atom. The molecule has 2 saturated heterocycles. The van der Waals surface area contributed by atoms with Crippen molar-refractivity contribution in [1.29, 1.82) is 0 Å². The van der Waals surface area contributed by atoms with E-state index in [0.29, 0.717) is 71.3 Å². The van der Waals surface area contributed by atoms with Gasteiger partial charge in [-0.15, -0.1) is 11.3 Å². The van der Waals surface area contributed by atoms with Crippen LogP contribution in [0.4, 0.5) is 19.0 Å². The molecule has 5 rings (SSSR count). The number of pyridine rings is 1. The summed E-state index contributed by atoms with van der Waals surface area (Å²) in [4.78, 5) is 16.5. The number of nitrogens with one attached hydrogen (secondary N) is 1. The van der Waals surface area contributed by atoms with Crippen LogP contribution in [-0.2, 0) is 37.4 Å². The molecule has 0 bridgehead atoms. The first-order valence-electron chi connectivity index (χ1n) is 16.6. The van der Waals surface area contributed by atoms with Gasteiger partial charge in [-0.25, -0.2) is 21.8 Å². The normalized spacial score (nSPS) is 17.9. The van der Waals surface area contributed by atoms with Crippen molar-refractivity contribution >= 4 is 70.7 Å². The van der Waals surface area contributed by atoms with Crippen LogP contribution >= 0.6 is 38.9 Å². The number of benzene rings is 1. The number of nitrogens with zero attached hydrogens (tertiary/aromatic N) is 3. The van der Waals surface area contributed by atoms with E-state index in [-0.39, 0.29) is 16.4 Å². The zero-order valence-corrected chi connectivity index (χ0v) is 32.3. The zero-order chi connectivity index (χ0) is 37.0. The van der Waals surface area contributed by atoms with Gasteiger partial charge in [0.1, 0.15) is 25.3 Å². The predicted octanol–water partition coefficient (Wildman–Crippen LogP) is 7.43. The highest BCUT2D eigenvalue weighted by atomic mass is 79.9. The molecule has 0 saturated carbocycles. The van der Waals surface area contributed by atoms with Gasteiger partial charge in [-0.05, 0) is 77.6 Å². The van der Waals surface area contributed by atoms with Crippen molar-refractivity contribution in [3.8, 4) is 0 Å². The second-order valence-electron chi connectivity index (χ2n) is 13.0. The number of aliphatic carboxylic acids is 1. The Hall–Kier alpha value is -2.28. The molecule has 0 radical (unpaired) electrons. The second kappa shape index (κ2) is 16.8. The summed E-state index contributed by atoms with van der Waals surface area (Å²) in [6, 6.07) is 8.76. The first kappa shape index (κ1) is 39.9. The van der Waals surface area contributed by atoms with Crippen molar-refractivity contribution < 1.29 is 39.9 Å². The minimum Gasteiger partial charge on any atom is -0.480 e. The number of carbonyl (C=O) groups is 1. The average Bonchev–Trinajstić information content (AvgIpc) is 3.45. The van der Waals surface area contributed by atoms with Crippen LogP contribution in [0.5, 0.6) is 0 Å². The molecule has 2 aliphatic heterocycles. The number of carboxylic acid groups (broad SMARTS) is 1. The Kier molecular flexibility index (Phi) is 13.2. The summed E-state index contributed by atoms with van der Waals surface area (Å²) in [7, 11) is -8.22. The van der Waals surface area contributed by atoms with Crippen LogP contribution in [0.25, 0.3) is 0 Å². The maximum absolute atomic E-state index is 14.2. The highest BCUT2D eigenvalue weighted by Gasteiger charge is 2.39. The number of halogens is 5. The van der Waals surface area contributed by atoms with E-state index in [9.17, 15) is 39.9 Å². The van der Waals surface area contributed by atoms with E-state index in [1.54, 1.807) is 36.4 Å². The lowest BCUT2D eigenvalue weighted by atomic mass is 9.88. The summed E-state index contributed by atoms with van der Waals surface area (Å²) < 4.78 is 99.6. The molecule has 1 aromatic carbocycles. The van der Waals surface area contributed by atoms with Crippen LogP contribution in [0, 0.1) is 11.8 Å². The molecule has 2 fully saturated rings. The van der Waals surface area contributed by atoms with Gasteiger partial charge in [0, 0.05) is 36.8 Å². The summed E-state index contributed by atoms with van der Waals surface area (Å²) in [5, 5.41) is 9.61. The van der Waals surface area contributed by atoms with Gasteiger partial charge >= 0.3 is 12.1 Å². The molecule has 2 aromatic heterocycles. The summed E-state index contributed by atoms with van der Waals surface area (Å²) >= 11 is 10.4. The van der Waals surface area contributed by atoms with Gasteiger partial charge in [-0.2, -0.15) is 22.2 Å². The molecule has 1 atom stereocenters. The van der Waals surface area contributed by atoms with Crippen molar-refractivity contribution in [2.75, 3.05) is 31.1 Å². The number of rotatable bonds is 14. The molecule has 0 spiro atoms. The molecule has 2 aliphatic rings. The van der Waals surface area contributed by atoms with E-state index in [1.807, 2.05) is 4.72 Å². The van der Waals surface area contributed by atoms with Gasteiger partial charge in [0.2, 0.25) is 10.0 Å². The van der Waals surface area contributed by atoms with E-state index in [0.717, 1.165) is 56.1 Å². The molecule has 2 N–H and O–H groups in total. The van der Waals surface area contributed by atoms with Crippen LogP contribution < -0.4 is 9.62 Å². The van der Waals surface area contributed by atoms with Crippen molar-refractivity contribution in [1.82, 2.24) is 14.0 Å². The third kappa shape index (κ3) is 10.2. The van der Waals surface area contributed by atoms with E-state index < -0.39 is 48.7 Å². The largest absolute Gasteiger partial charge is 0.480 e. The molecule has 0 aliphatic carbocycles. The third-order valence-electron chi connectivity index (χ3n) is 9.51. The van der Waals surface area contributed by atoms with Crippen molar-refractivity contribution in [2.24, 2.45) is 11.8 Å². The summed E-state index contributed by atoms with van der Waals surface area (Å²) in [5.41, 5.74) is -0.647. The van der Waals surface area contributed by atoms with Gasteiger partial charge in [0.05, 0.1) is 5.56 Å². The molecule has 10 nitrogen and oxygen atoms in total. The van der Waals surface area contributed by atoms with Crippen LogP contribution in [0.3, 0.4) is 0 Å². The van der Waals surface area contributed by atoms with E-state index in [2.05, 4.69) is 20.9 Å². The van der Waals surface area contributed by atoms with Gasteiger partial charge in [-0.3, -0.25) is 4.79 Å². The van der Waals surface area contributed by atoms with Gasteiger partial charge in [0.25, 0.3) is 10.0 Å². The standard InChI is InChI=1S/C33H39BrClF3N4O6S3/c34-27-20-29(49-30(27)35)51(47,48)42-16-12-23(13-17-42)7-5-4-6-22-10-14-41(15-11-22)31-26(33(36,37)38)19-25(21-39-31)50(45,46)40-28(32(43)44)18-24-8-2-1-3-9-24/h1-3,8-9,19-23,28,40H,4-7,10-18H2,(H,43,44). The smallest absolute Gasteiger partial charge is 0.420 e. The molecular formula is C33H39BrClF3N4O6S3. The summed E-state index contributed by atoms with van der Waals surface area (Å²) in [5.74, 6) is -1.04. The SMILES string of the molecule is O=C(O)C(Cc1ccccc1)NS(=O)(=O)c1cnc(N2CCC(CCCCC3CCN(S(=O)(=O)c4cc(Br)c(Cl)s4)CC3)CC2)c(C(F)(F)F)c1. The first-order chi connectivity index (χ1) is 24.0. The monoisotopic (exact) mass is 854 g/mol. The number of hydrogen-bond donors (Lipinski definition) is 2. The zero-order valence-electron chi connectivity index (χ0n) is 27.5. The second-order valence-corrected chi connectivity index (χ2v) is 19.4. The highest BCUT2D eigenvalue weighted by Crippen LogP contribution is 2.39. The molecular weight excluding hydrogens is 817 g/mol. The molecule has 18 heteroatoms. The number of alkyl halides is 3. The van der Waals surface area contributed by atoms with Gasteiger partial charge < -0.3 is 10.0 Å². The van der Waals surface area contributed by atoms with E-state index >= 15 is 0 Å². The summed E-state index contributed by atoms with van der Waals surface area (Å²) in [6.07, 6.45) is 2.55. The number of thiophene rings is 1. The number of unbranched alkanes of at least 4 members (excludes halogenated alkanes) is 1. The lowest BCUT2D eigenvalue weighted by Gasteiger charge is -2.34. The quantitative estimate of drug-likeness (QED) is 0.160. The predicted molar refractivity (Wildman–Crippen MR) is 193 cm³/mol. The Labute approximate surface area is 313 Å². The Morgan fingerprint density at radius 3 is 2.12 bits per heavy atom. The molecule has 1 unspecified atom stereocenters. The number of carboxylic acids is 1. The summed E-state index contributed by atoms with van der Waals surface area (Å²) in [6.45, 7) is 1.60. The van der Waals surface area contributed by atoms with Crippen molar-refractivity contribution in [2.45, 2.75) is 79.1 Å². The minimum atomic E-state index is -4.89. The van der Waals surface area contributed by atoms with E-state index in [4.69, 9.17) is 11.6 Å². The first-order valence-corrected chi connectivity index (χ1v) is 21.5. The maximum Gasteiger partial charge on any atom is 0.420 e. The molecule has 3 aromatic rings. The van der Waals surface area contributed by atoms with Crippen LogP contribution in [0.1, 0.15) is 62.5 Å². The van der Waals surface area contributed by atoms with Crippen molar-refractivity contribution in [3.05, 3.63) is 68.6 Å².